The first-order valence-electron chi connectivity index (χ1n) is 10.5. The van der Waals surface area contributed by atoms with E-state index in [-0.39, 0.29) is 11.0 Å². The minimum Gasteiger partial charge on any atom is -0.497 e. The zero-order valence-electron chi connectivity index (χ0n) is 18.9. The summed E-state index contributed by atoms with van der Waals surface area (Å²) in [5, 5.41) is 8.77. The third-order valence-electron chi connectivity index (χ3n) is 5.07. The molecule has 0 bridgehead atoms. The Labute approximate surface area is 224 Å². The van der Waals surface area contributed by atoms with E-state index in [2.05, 4.69) is 16.0 Å². The largest absolute Gasteiger partial charge is 0.497 e. The highest BCUT2D eigenvalue weighted by Crippen LogP contribution is 2.32. The Morgan fingerprint density at radius 1 is 0.857 bits per heavy atom. The maximum absolute atomic E-state index is 13.5. The molecule has 3 aromatic rings. The fraction of sp³-hybridized carbons (Fsp3) is 0.200. The molecular formula is C25H24Cl3N3O3S. The van der Waals surface area contributed by atoms with E-state index in [1.54, 1.807) is 25.3 Å². The number of benzene rings is 3. The summed E-state index contributed by atoms with van der Waals surface area (Å²) >= 11 is 24.1. The highest BCUT2D eigenvalue weighted by Gasteiger charge is 2.36. The number of thiocarbonyl (C=S) groups is 1. The van der Waals surface area contributed by atoms with Crippen LogP contribution in [0.2, 0.25) is 0 Å². The van der Waals surface area contributed by atoms with Gasteiger partial charge >= 0.3 is 0 Å². The van der Waals surface area contributed by atoms with Crippen LogP contribution < -0.4 is 25.4 Å². The molecule has 3 rings (SSSR count). The highest BCUT2D eigenvalue weighted by molar-refractivity contribution is 7.80. The molecule has 0 heterocycles. The van der Waals surface area contributed by atoms with Crippen LogP contribution in [-0.4, -0.2) is 35.2 Å². The van der Waals surface area contributed by atoms with Crippen LogP contribution >= 0.6 is 47.0 Å². The summed E-state index contributed by atoms with van der Waals surface area (Å²) in [4.78, 5) is 13.5. The molecule has 0 aromatic heterocycles. The molecular weight excluding hydrogens is 529 g/mol. The van der Waals surface area contributed by atoms with Crippen LogP contribution in [0, 0.1) is 0 Å². The number of halogens is 3. The van der Waals surface area contributed by atoms with Gasteiger partial charge in [0.15, 0.2) is 5.11 Å². The summed E-state index contributed by atoms with van der Waals surface area (Å²) in [5.74, 6) is 0.121. The maximum Gasteiger partial charge on any atom is 0.233 e. The molecule has 3 N–H and O–H groups in total. The van der Waals surface area contributed by atoms with Crippen LogP contribution in [0.4, 0.5) is 5.69 Å². The quantitative estimate of drug-likeness (QED) is 0.191. The van der Waals surface area contributed by atoms with Gasteiger partial charge in [-0.1, -0.05) is 95.5 Å². The third kappa shape index (κ3) is 7.39. The summed E-state index contributed by atoms with van der Waals surface area (Å²) in [5.41, 5.74) is 2.12. The summed E-state index contributed by atoms with van der Waals surface area (Å²) in [6.45, 7) is 0. The molecule has 184 valence electrons. The zero-order chi connectivity index (χ0) is 25.4. The number of carbonyl (C=O) groups is 1. The van der Waals surface area contributed by atoms with Gasteiger partial charge in [0.2, 0.25) is 9.70 Å². The molecule has 0 spiro atoms. The van der Waals surface area contributed by atoms with Crippen molar-refractivity contribution in [3.63, 3.8) is 0 Å². The standard InChI is InChI=1S/C25H24Cl3N3O3S/c1-33-18-13-14-20(34-2)19(15-18)29-24(35)31-23(25(26,27)28)30-22(32)21(16-9-5-3-6-10-16)17-11-7-4-8-12-17/h3-15,21,23H,1-2H3,(H,30,32)(H2,29,31,35)/t23-/m0/s1. The van der Waals surface area contributed by atoms with Crippen molar-refractivity contribution >= 4 is 63.7 Å². The Hall–Kier alpha value is -2.71. The lowest BCUT2D eigenvalue weighted by molar-refractivity contribution is -0.122. The number of anilines is 1. The molecule has 0 saturated heterocycles. The Morgan fingerprint density at radius 3 is 1.91 bits per heavy atom. The number of carbonyl (C=O) groups excluding carboxylic acids is 1. The molecule has 0 saturated carbocycles. The van der Waals surface area contributed by atoms with Crippen molar-refractivity contribution in [2.24, 2.45) is 0 Å². The van der Waals surface area contributed by atoms with E-state index < -0.39 is 15.9 Å². The number of alkyl halides is 3. The van der Waals surface area contributed by atoms with Crippen molar-refractivity contribution in [3.05, 3.63) is 90.0 Å². The summed E-state index contributed by atoms with van der Waals surface area (Å²) in [6.07, 6.45) is -1.15. The second-order valence-corrected chi connectivity index (χ2v) is 10.2. The van der Waals surface area contributed by atoms with Crippen LogP contribution in [0.3, 0.4) is 0 Å². The van der Waals surface area contributed by atoms with Crippen molar-refractivity contribution in [1.29, 1.82) is 0 Å². The van der Waals surface area contributed by atoms with Gasteiger partial charge in [-0.05, 0) is 35.5 Å². The number of amides is 1. The van der Waals surface area contributed by atoms with Crippen molar-refractivity contribution in [3.8, 4) is 11.5 Å². The molecule has 10 heteroatoms. The van der Waals surface area contributed by atoms with Gasteiger partial charge in [-0.3, -0.25) is 4.79 Å². The Kier molecular flexibility index (Phi) is 9.46. The molecule has 0 aliphatic carbocycles. The van der Waals surface area contributed by atoms with Crippen molar-refractivity contribution in [2.45, 2.75) is 15.9 Å². The summed E-state index contributed by atoms with van der Waals surface area (Å²) in [6, 6.07) is 23.9. The topological polar surface area (TPSA) is 71.6 Å². The van der Waals surface area contributed by atoms with E-state index in [9.17, 15) is 4.79 Å². The third-order valence-corrected chi connectivity index (χ3v) is 5.95. The second kappa shape index (κ2) is 12.3. The number of rotatable bonds is 8. The first-order chi connectivity index (χ1) is 16.7. The van der Waals surface area contributed by atoms with Crippen LogP contribution in [-0.2, 0) is 4.79 Å². The smallest absolute Gasteiger partial charge is 0.233 e. The average Bonchev–Trinajstić information content (AvgIpc) is 2.84. The molecule has 0 aliphatic rings. The average molecular weight is 553 g/mol. The summed E-state index contributed by atoms with van der Waals surface area (Å²) < 4.78 is 8.69. The van der Waals surface area contributed by atoms with Gasteiger partial charge in [0.1, 0.15) is 17.7 Å². The predicted molar refractivity (Wildman–Crippen MR) is 146 cm³/mol. The first-order valence-corrected chi connectivity index (χ1v) is 12.0. The number of methoxy groups -OCH3 is 2. The van der Waals surface area contributed by atoms with Gasteiger partial charge in [-0.25, -0.2) is 0 Å². The van der Waals surface area contributed by atoms with Gasteiger partial charge in [-0.2, -0.15) is 0 Å². The van der Waals surface area contributed by atoms with Gasteiger partial charge < -0.3 is 25.4 Å². The lowest BCUT2D eigenvalue weighted by atomic mass is 9.90. The number of hydrogen-bond acceptors (Lipinski definition) is 4. The number of hydrogen-bond donors (Lipinski definition) is 3. The van der Waals surface area contributed by atoms with Crippen LogP contribution in [0.1, 0.15) is 17.0 Å². The normalized spacial score (nSPS) is 11.9. The molecule has 0 unspecified atom stereocenters. The van der Waals surface area contributed by atoms with Gasteiger partial charge in [-0.15, -0.1) is 0 Å². The lowest BCUT2D eigenvalue weighted by Gasteiger charge is -2.30. The molecule has 0 aliphatic heterocycles. The van der Waals surface area contributed by atoms with Crippen LogP contribution in [0.5, 0.6) is 11.5 Å². The Bertz CT molecular complexity index is 1110. The van der Waals surface area contributed by atoms with Gasteiger partial charge in [0.05, 0.1) is 25.8 Å². The van der Waals surface area contributed by atoms with Gasteiger partial charge in [0.25, 0.3) is 0 Å². The van der Waals surface area contributed by atoms with Crippen molar-refractivity contribution < 1.29 is 14.3 Å². The first kappa shape index (κ1) is 26.9. The SMILES string of the molecule is COc1ccc(OC)c(NC(=S)N[C@H](NC(=O)C(c2ccccc2)c2ccccc2)C(Cl)(Cl)Cl)c1. The number of ether oxygens (including phenoxy) is 2. The fourth-order valence-corrected chi connectivity index (χ4v) is 3.97. The van der Waals surface area contributed by atoms with E-state index in [1.165, 1.54) is 7.11 Å². The molecule has 1 atom stereocenters. The Balaban J connectivity index is 1.82. The molecule has 35 heavy (non-hydrogen) atoms. The van der Waals surface area contributed by atoms with Crippen LogP contribution in [0.15, 0.2) is 78.9 Å². The van der Waals surface area contributed by atoms with Crippen molar-refractivity contribution in [2.75, 3.05) is 19.5 Å². The fourth-order valence-electron chi connectivity index (χ4n) is 3.41. The molecule has 3 aromatic carbocycles. The lowest BCUT2D eigenvalue weighted by Crippen LogP contribution is -2.57. The summed E-state index contributed by atoms with van der Waals surface area (Å²) in [7, 11) is 3.08. The maximum atomic E-state index is 13.5. The van der Waals surface area contributed by atoms with E-state index in [1.807, 2.05) is 60.7 Å². The molecule has 0 fully saturated rings. The van der Waals surface area contributed by atoms with E-state index in [0.29, 0.717) is 17.2 Å². The number of nitrogens with one attached hydrogen (secondary N) is 3. The van der Waals surface area contributed by atoms with Gasteiger partial charge in [0, 0.05) is 6.07 Å². The van der Waals surface area contributed by atoms with Crippen molar-refractivity contribution in [1.82, 2.24) is 10.6 Å². The highest BCUT2D eigenvalue weighted by atomic mass is 35.6. The van der Waals surface area contributed by atoms with E-state index in [0.717, 1.165) is 11.1 Å². The predicted octanol–water partition coefficient (Wildman–Crippen LogP) is 5.63. The van der Waals surface area contributed by atoms with E-state index >= 15 is 0 Å². The minimum atomic E-state index is -1.92. The zero-order valence-corrected chi connectivity index (χ0v) is 22.0. The molecule has 0 radical (unpaired) electrons. The second-order valence-electron chi connectivity index (χ2n) is 7.40. The Morgan fingerprint density at radius 2 is 1.43 bits per heavy atom. The van der Waals surface area contributed by atoms with Crippen LogP contribution in [0.25, 0.3) is 0 Å². The minimum absolute atomic E-state index is 0.101. The monoisotopic (exact) mass is 551 g/mol. The van der Waals surface area contributed by atoms with E-state index in [4.69, 9.17) is 56.5 Å². The molecule has 1 amide bonds. The molecule has 6 nitrogen and oxygen atoms in total.